The zero-order valence-corrected chi connectivity index (χ0v) is 17.7. The molecule has 0 bridgehead atoms. The van der Waals surface area contributed by atoms with E-state index in [9.17, 15) is 4.79 Å². The molecule has 0 fully saturated rings. The number of rotatable bonds is 8. The van der Waals surface area contributed by atoms with Crippen molar-refractivity contribution in [3.8, 4) is 0 Å². The molecule has 0 atom stereocenters. The number of likely N-dealkylation sites (N-methyl/N-ethyl adjacent to an activating group) is 1. The molecule has 0 aliphatic carbocycles. The molecule has 0 unspecified atom stereocenters. The predicted molar refractivity (Wildman–Crippen MR) is 117 cm³/mol. The van der Waals surface area contributed by atoms with Crippen LogP contribution >= 0.6 is 22.7 Å². The van der Waals surface area contributed by atoms with Crippen molar-refractivity contribution in [1.82, 2.24) is 4.98 Å². The largest absolute Gasteiger partial charge is 0.334 e. The lowest BCUT2D eigenvalue weighted by molar-refractivity contribution is -0.894. The number of nitrogens with zero attached hydrogens (tertiary/aromatic N) is 2. The van der Waals surface area contributed by atoms with Gasteiger partial charge >= 0.3 is 0 Å². The normalized spacial score (nSPS) is 11.7. The van der Waals surface area contributed by atoms with E-state index in [1.165, 1.54) is 4.90 Å². The maximum atomic E-state index is 13.0. The Balaban J connectivity index is 1.87. The molecule has 0 aliphatic rings. The van der Waals surface area contributed by atoms with Crippen LogP contribution in [0, 0.1) is 6.92 Å². The number of hydrogen-bond acceptors (Lipinski definition) is 4. The molecule has 0 saturated carbocycles. The number of para-hydroxylation sites is 1. The van der Waals surface area contributed by atoms with Crippen molar-refractivity contribution >= 4 is 50.0 Å². The van der Waals surface area contributed by atoms with Gasteiger partial charge in [0.2, 0.25) is 0 Å². The summed E-state index contributed by atoms with van der Waals surface area (Å²) in [6.45, 7) is 10.1. The van der Waals surface area contributed by atoms with Crippen LogP contribution in [-0.2, 0) is 4.79 Å². The highest BCUT2D eigenvalue weighted by Gasteiger charge is 2.20. The average molecular weight is 401 g/mol. The quantitative estimate of drug-likeness (QED) is 0.586. The number of fused-ring (bicyclic) bond motifs is 1. The van der Waals surface area contributed by atoms with Crippen LogP contribution < -0.4 is 9.80 Å². The highest BCUT2D eigenvalue weighted by Crippen LogP contribution is 2.30. The molecule has 1 N–H and O–H groups in total. The Morgan fingerprint density at radius 1 is 1.22 bits per heavy atom. The molecule has 142 valence electrons. The van der Waals surface area contributed by atoms with Crippen molar-refractivity contribution < 1.29 is 9.69 Å². The van der Waals surface area contributed by atoms with Crippen LogP contribution in [0.3, 0.4) is 0 Å². The number of anilines is 1. The van der Waals surface area contributed by atoms with E-state index in [0.717, 1.165) is 45.4 Å². The highest BCUT2D eigenvalue weighted by molar-refractivity contribution is 7.22. The first kappa shape index (κ1) is 19.7. The van der Waals surface area contributed by atoms with E-state index in [4.69, 9.17) is 4.98 Å². The Labute approximate surface area is 168 Å². The molecule has 27 heavy (non-hydrogen) atoms. The lowest BCUT2D eigenvalue weighted by Crippen LogP contribution is -3.12. The lowest BCUT2D eigenvalue weighted by atomic mass is 10.2. The van der Waals surface area contributed by atoms with Gasteiger partial charge in [0, 0.05) is 11.0 Å². The summed E-state index contributed by atoms with van der Waals surface area (Å²) in [5, 5.41) is 2.80. The summed E-state index contributed by atoms with van der Waals surface area (Å²) in [6.07, 6.45) is 3.56. The van der Waals surface area contributed by atoms with Crippen LogP contribution in [0.25, 0.3) is 16.3 Å². The molecule has 1 aromatic carbocycles. The topological polar surface area (TPSA) is 37.6 Å². The van der Waals surface area contributed by atoms with Gasteiger partial charge in [-0.1, -0.05) is 29.5 Å². The van der Waals surface area contributed by atoms with Gasteiger partial charge in [0.05, 0.1) is 36.4 Å². The number of aryl methyl sites for hydroxylation is 1. The standard InChI is InChI=1S/C21H25N3OS2/c1-4-23(5-2)13-14-24(19(25)12-11-17-9-7-15-26-17)21-22-20-16(3)8-6-10-18(20)27-21/h6-12,15H,4-5,13-14H2,1-3H3/p+1/b12-11+. The third kappa shape index (κ3) is 4.83. The smallest absolute Gasteiger partial charge is 0.253 e. The van der Waals surface area contributed by atoms with E-state index < -0.39 is 0 Å². The number of carbonyl (C=O) groups excluding carboxylic acids is 1. The monoisotopic (exact) mass is 400 g/mol. The number of nitrogens with one attached hydrogen (secondary N) is 1. The number of thiazole rings is 1. The summed E-state index contributed by atoms with van der Waals surface area (Å²) in [5.41, 5.74) is 2.14. The predicted octanol–water partition coefficient (Wildman–Crippen LogP) is 3.64. The Hall–Kier alpha value is -2.02. The molecule has 0 saturated heterocycles. The summed E-state index contributed by atoms with van der Waals surface area (Å²) in [5.74, 6) is -0.00772. The van der Waals surface area contributed by atoms with Crippen molar-refractivity contribution in [3.05, 3.63) is 52.2 Å². The Bertz CT molecular complexity index is 911. The second-order valence-corrected chi connectivity index (χ2v) is 8.45. The van der Waals surface area contributed by atoms with E-state index in [-0.39, 0.29) is 5.91 Å². The molecule has 4 nitrogen and oxygen atoms in total. The zero-order valence-electron chi connectivity index (χ0n) is 16.1. The van der Waals surface area contributed by atoms with E-state index >= 15 is 0 Å². The maximum Gasteiger partial charge on any atom is 0.253 e. The van der Waals surface area contributed by atoms with Gasteiger partial charge in [-0.25, -0.2) is 4.98 Å². The number of amides is 1. The van der Waals surface area contributed by atoms with Crippen LogP contribution in [0.15, 0.2) is 41.8 Å². The first-order valence-corrected chi connectivity index (χ1v) is 11.0. The van der Waals surface area contributed by atoms with Crippen molar-refractivity contribution in [3.63, 3.8) is 0 Å². The second-order valence-electron chi connectivity index (χ2n) is 6.46. The fourth-order valence-electron chi connectivity index (χ4n) is 2.99. The van der Waals surface area contributed by atoms with E-state index in [1.54, 1.807) is 28.7 Å². The summed E-state index contributed by atoms with van der Waals surface area (Å²) in [7, 11) is 0. The van der Waals surface area contributed by atoms with Crippen LogP contribution in [0.1, 0.15) is 24.3 Å². The number of thiophene rings is 1. The van der Waals surface area contributed by atoms with Crippen LogP contribution in [0.5, 0.6) is 0 Å². The van der Waals surface area contributed by atoms with Crippen LogP contribution in [0.2, 0.25) is 0 Å². The lowest BCUT2D eigenvalue weighted by Gasteiger charge is -2.21. The molecule has 3 aromatic rings. The summed E-state index contributed by atoms with van der Waals surface area (Å²) in [6, 6.07) is 10.2. The van der Waals surface area contributed by atoms with Crippen molar-refractivity contribution in [2.75, 3.05) is 31.1 Å². The third-order valence-electron chi connectivity index (χ3n) is 4.73. The molecule has 0 aliphatic heterocycles. The van der Waals surface area contributed by atoms with Gasteiger partial charge in [-0.3, -0.25) is 9.69 Å². The van der Waals surface area contributed by atoms with Crippen LogP contribution in [0.4, 0.5) is 5.13 Å². The van der Waals surface area contributed by atoms with Gasteiger partial charge in [0.15, 0.2) is 5.13 Å². The summed E-state index contributed by atoms with van der Waals surface area (Å²) in [4.78, 5) is 22.2. The van der Waals surface area contributed by atoms with Gasteiger partial charge in [0.25, 0.3) is 5.91 Å². The molecular weight excluding hydrogens is 374 g/mol. The molecule has 2 aromatic heterocycles. The number of hydrogen-bond donors (Lipinski definition) is 1. The second kappa shape index (κ2) is 9.26. The SMILES string of the molecule is CC[NH+](CC)CCN(C(=O)/C=C/c1cccs1)c1nc2c(C)cccc2s1. The minimum absolute atomic E-state index is 0.00772. The summed E-state index contributed by atoms with van der Waals surface area (Å²) >= 11 is 3.22. The van der Waals surface area contributed by atoms with Gasteiger partial charge in [-0.15, -0.1) is 11.3 Å². The zero-order chi connectivity index (χ0) is 19.2. The number of quaternary nitrogens is 1. The fraction of sp³-hybridized carbons (Fsp3) is 0.333. The molecular formula is C21H26N3OS2+. The minimum atomic E-state index is -0.00772. The third-order valence-corrected chi connectivity index (χ3v) is 6.61. The average Bonchev–Trinajstić information content (AvgIpc) is 3.33. The summed E-state index contributed by atoms with van der Waals surface area (Å²) < 4.78 is 1.13. The molecule has 0 radical (unpaired) electrons. The Kier molecular flexibility index (Phi) is 6.77. The molecule has 2 heterocycles. The van der Waals surface area contributed by atoms with E-state index in [1.807, 2.05) is 34.6 Å². The maximum absolute atomic E-state index is 13.0. The van der Waals surface area contributed by atoms with Crippen molar-refractivity contribution in [2.45, 2.75) is 20.8 Å². The van der Waals surface area contributed by atoms with E-state index in [2.05, 4.69) is 32.9 Å². The van der Waals surface area contributed by atoms with Gasteiger partial charge in [-0.05, 0) is 49.9 Å². The van der Waals surface area contributed by atoms with Gasteiger partial charge < -0.3 is 4.90 Å². The number of benzene rings is 1. The molecule has 0 spiro atoms. The van der Waals surface area contributed by atoms with Crippen molar-refractivity contribution in [1.29, 1.82) is 0 Å². The molecule has 1 amide bonds. The first-order valence-electron chi connectivity index (χ1n) is 9.35. The van der Waals surface area contributed by atoms with Crippen molar-refractivity contribution in [2.24, 2.45) is 0 Å². The van der Waals surface area contributed by atoms with Gasteiger partial charge in [-0.2, -0.15) is 0 Å². The molecule has 6 heteroatoms. The Morgan fingerprint density at radius 3 is 2.70 bits per heavy atom. The molecule has 3 rings (SSSR count). The number of aromatic nitrogens is 1. The Morgan fingerprint density at radius 2 is 2.04 bits per heavy atom. The fourth-order valence-corrected chi connectivity index (χ4v) is 4.69. The van der Waals surface area contributed by atoms with Gasteiger partial charge in [0.1, 0.15) is 0 Å². The minimum Gasteiger partial charge on any atom is -0.334 e. The number of carbonyl (C=O) groups is 1. The van der Waals surface area contributed by atoms with E-state index in [0.29, 0.717) is 6.54 Å². The van der Waals surface area contributed by atoms with Crippen LogP contribution in [-0.4, -0.2) is 37.1 Å². The highest BCUT2D eigenvalue weighted by atomic mass is 32.1. The first-order chi connectivity index (χ1) is 13.1.